The van der Waals surface area contributed by atoms with Gasteiger partial charge in [0.1, 0.15) is 0 Å². The molecule has 9 nitrogen and oxygen atoms in total. The van der Waals surface area contributed by atoms with Crippen molar-refractivity contribution in [2.24, 2.45) is 0 Å². The van der Waals surface area contributed by atoms with Crippen LogP contribution in [-0.2, 0) is 32.2 Å². The molecule has 3 aromatic rings. The second kappa shape index (κ2) is 15.7. The number of ether oxygens (including phenoxy) is 2. The maximum absolute atomic E-state index is 12.0. The fraction of sp³-hybridized carbons (Fsp3) is 0.412. The lowest BCUT2D eigenvalue weighted by Crippen LogP contribution is -2.43. The number of carbonyl (C=O) groups excluding carboxylic acids is 1. The molecule has 0 aromatic heterocycles. The number of nitrogens with zero attached hydrogens (tertiary/aromatic N) is 1. The topological polar surface area (TPSA) is 129 Å². The van der Waals surface area contributed by atoms with Gasteiger partial charge in [0.15, 0.2) is 6.29 Å². The van der Waals surface area contributed by atoms with Gasteiger partial charge < -0.3 is 30.1 Å². The van der Waals surface area contributed by atoms with Gasteiger partial charge in [-0.2, -0.15) is 0 Å². The minimum atomic E-state index is -0.909. The van der Waals surface area contributed by atoms with Crippen LogP contribution in [0.1, 0.15) is 78.9 Å². The van der Waals surface area contributed by atoms with Crippen molar-refractivity contribution in [2.45, 2.75) is 76.4 Å². The fourth-order valence-electron chi connectivity index (χ4n) is 5.17. The lowest BCUT2D eigenvalue weighted by Gasteiger charge is -2.39. The Bertz CT molecular complexity index is 1300. The standard InChI is InChI=1S/C34H42N2O7/c1-23(33(41)27-7-4-3-5-8-27)36(2)21-29-19-30(26-15-13-25(22-37)14-16-26)43-34(42-29)28-17-11-24(12-18-28)20-35-31(38)9-6-10-32(39)40/h3-5,7-8,11-18,23,29-30,33-34,37,41H,6,9-10,19-22H2,1-2H3,(H,35,38)(H,39,40). The van der Waals surface area contributed by atoms with Crippen LogP contribution >= 0.6 is 0 Å². The molecule has 0 radical (unpaired) electrons. The summed E-state index contributed by atoms with van der Waals surface area (Å²) in [6.07, 6.45) is -0.603. The van der Waals surface area contributed by atoms with Gasteiger partial charge in [-0.15, -0.1) is 0 Å². The van der Waals surface area contributed by atoms with Gasteiger partial charge in [-0.05, 0) is 42.6 Å². The van der Waals surface area contributed by atoms with Gasteiger partial charge in [-0.25, -0.2) is 0 Å². The summed E-state index contributed by atoms with van der Waals surface area (Å²) >= 11 is 0. The van der Waals surface area contributed by atoms with Crippen LogP contribution in [0.15, 0.2) is 78.9 Å². The second-order valence-electron chi connectivity index (χ2n) is 11.2. The molecule has 0 aliphatic carbocycles. The molecule has 1 saturated heterocycles. The summed E-state index contributed by atoms with van der Waals surface area (Å²) < 4.78 is 12.9. The van der Waals surface area contributed by atoms with E-state index >= 15 is 0 Å². The van der Waals surface area contributed by atoms with E-state index in [-0.39, 0.29) is 43.6 Å². The fourth-order valence-corrected chi connectivity index (χ4v) is 5.17. The average Bonchev–Trinajstić information content (AvgIpc) is 3.03. The summed E-state index contributed by atoms with van der Waals surface area (Å²) in [6.45, 7) is 2.90. The molecule has 1 heterocycles. The first-order chi connectivity index (χ1) is 20.7. The number of aliphatic hydroxyl groups is 2. The van der Waals surface area contributed by atoms with Crippen molar-refractivity contribution in [2.75, 3.05) is 13.6 Å². The Balaban J connectivity index is 1.43. The monoisotopic (exact) mass is 590 g/mol. The molecule has 43 heavy (non-hydrogen) atoms. The minimum Gasteiger partial charge on any atom is -0.481 e. The Labute approximate surface area is 253 Å². The normalized spacial score (nSPS) is 20.0. The molecule has 9 heteroatoms. The summed E-state index contributed by atoms with van der Waals surface area (Å²) in [7, 11) is 1.99. The number of nitrogens with one attached hydrogen (secondary N) is 1. The molecule has 4 rings (SSSR count). The molecule has 0 bridgehead atoms. The van der Waals surface area contributed by atoms with Crippen molar-refractivity contribution in [1.29, 1.82) is 0 Å². The molecule has 5 atom stereocenters. The lowest BCUT2D eigenvalue weighted by molar-refractivity contribution is -0.253. The van der Waals surface area contributed by atoms with Crippen molar-refractivity contribution in [1.82, 2.24) is 10.2 Å². The molecule has 1 aliphatic rings. The molecule has 4 N–H and O–H groups in total. The van der Waals surface area contributed by atoms with Crippen LogP contribution < -0.4 is 5.32 Å². The Morgan fingerprint density at radius 2 is 1.58 bits per heavy atom. The van der Waals surface area contributed by atoms with Crippen LogP contribution in [0.3, 0.4) is 0 Å². The van der Waals surface area contributed by atoms with Crippen LogP contribution in [0, 0.1) is 0 Å². The van der Waals surface area contributed by atoms with Gasteiger partial charge in [0.2, 0.25) is 5.91 Å². The van der Waals surface area contributed by atoms with Crippen LogP contribution in [0.2, 0.25) is 0 Å². The quantitative estimate of drug-likeness (QED) is 0.214. The highest BCUT2D eigenvalue weighted by molar-refractivity contribution is 5.76. The summed E-state index contributed by atoms with van der Waals surface area (Å²) in [6, 6.07) is 24.9. The van der Waals surface area contributed by atoms with Crippen molar-refractivity contribution in [3.05, 3.63) is 107 Å². The van der Waals surface area contributed by atoms with Crippen LogP contribution in [0.5, 0.6) is 0 Å². The number of likely N-dealkylation sites (N-methyl/N-ethyl adjacent to an activating group) is 1. The highest BCUT2D eigenvalue weighted by atomic mass is 16.7. The summed E-state index contributed by atoms with van der Waals surface area (Å²) in [5, 5.41) is 32.0. The van der Waals surface area contributed by atoms with Gasteiger partial charge in [0, 0.05) is 44.0 Å². The van der Waals surface area contributed by atoms with Crippen LogP contribution in [0.25, 0.3) is 0 Å². The number of rotatable bonds is 14. The molecule has 1 amide bonds. The van der Waals surface area contributed by atoms with E-state index in [1.54, 1.807) is 0 Å². The van der Waals surface area contributed by atoms with Gasteiger partial charge in [0.25, 0.3) is 0 Å². The first-order valence-electron chi connectivity index (χ1n) is 14.7. The van der Waals surface area contributed by atoms with E-state index in [4.69, 9.17) is 14.6 Å². The molecular formula is C34H42N2O7. The number of hydrogen-bond acceptors (Lipinski definition) is 7. The lowest BCUT2D eigenvalue weighted by atomic mass is 9.98. The number of carbonyl (C=O) groups is 2. The van der Waals surface area contributed by atoms with Crippen LogP contribution in [-0.4, -0.2) is 57.8 Å². The van der Waals surface area contributed by atoms with Crippen LogP contribution in [0.4, 0.5) is 0 Å². The van der Waals surface area contributed by atoms with E-state index in [0.717, 1.165) is 27.8 Å². The van der Waals surface area contributed by atoms with Crippen molar-refractivity contribution in [3.8, 4) is 0 Å². The maximum Gasteiger partial charge on any atom is 0.303 e. The average molecular weight is 591 g/mol. The number of benzene rings is 3. The molecule has 1 fully saturated rings. The van der Waals surface area contributed by atoms with Gasteiger partial charge in [-0.3, -0.25) is 14.5 Å². The molecule has 3 aromatic carbocycles. The third kappa shape index (κ3) is 9.44. The Morgan fingerprint density at radius 3 is 2.23 bits per heavy atom. The second-order valence-corrected chi connectivity index (χ2v) is 11.2. The Morgan fingerprint density at radius 1 is 0.930 bits per heavy atom. The molecule has 5 unspecified atom stereocenters. The molecule has 0 saturated carbocycles. The van der Waals surface area contributed by atoms with Gasteiger partial charge in [0.05, 0.1) is 24.9 Å². The van der Waals surface area contributed by atoms with Crippen molar-refractivity contribution < 1.29 is 34.4 Å². The first kappa shape index (κ1) is 32.3. The molecule has 0 spiro atoms. The highest BCUT2D eigenvalue weighted by Crippen LogP contribution is 2.38. The highest BCUT2D eigenvalue weighted by Gasteiger charge is 2.34. The zero-order valence-corrected chi connectivity index (χ0v) is 24.8. The zero-order valence-electron chi connectivity index (χ0n) is 24.8. The predicted molar refractivity (Wildman–Crippen MR) is 162 cm³/mol. The Kier molecular flexibility index (Phi) is 11.8. The summed E-state index contributed by atoms with van der Waals surface area (Å²) in [5.41, 5.74) is 4.45. The Hall–Kier alpha value is -3.60. The number of aliphatic carboxylic acids is 1. The molecular weight excluding hydrogens is 548 g/mol. The van der Waals surface area contributed by atoms with E-state index in [1.807, 2.05) is 92.8 Å². The number of aliphatic hydroxyl groups excluding tert-OH is 2. The summed E-state index contributed by atoms with van der Waals surface area (Å²) in [4.78, 5) is 24.8. The minimum absolute atomic E-state index is 0.0261. The van der Waals surface area contributed by atoms with Crippen molar-refractivity contribution >= 4 is 11.9 Å². The van der Waals surface area contributed by atoms with Gasteiger partial charge >= 0.3 is 5.97 Å². The van der Waals surface area contributed by atoms with E-state index < -0.39 is 18.4 Å². The van der Waals surface area contributed by atoms with E-state index in [1.165, 1.54) is 0 Å². The zero-order chi connectivity index (χ0) is 30.8. The SMILES string of the molecule is CC(C(O)c1ccccc1)N(C)CC1CC(c2ccc(CO)cc2)OC(c2ccc(CNC(=O)CCCC(=O)O)cc2)O1. The summed E-state index contributed by atoms with van der Waals surface area (Å²) in [5.74, 6) is -1.09. The van der Waals surface area contributed by atoms with E-state index in [0.29, 0.717) is 25.9 Å². The number of hydrogen-bond donors (Lipinski definition) is 4. The maximum atomic E-state index is 12.0. The molecule has 230 valence electrons. The molecule has 1 aliphatic heterocycles. The smallest absolute Gasteiger partial charge is 0.303 e. The van der Waals surface area contributed by atoms with Crippen molar-refractivity contribution in [3.63, 3.8) is 0 Å². The third-order valence-corrected chi connectivity index (χ3v) is 7.94. The third-order valence-electron chi connectivity index (χ3n) is 7.94. The van der Waals surface area contributed by atoms with Gasteiger partial charge in [-0.1, -0.05) is 78.9 Å². The number of carboxylic acids is 1. The van der Waals surface area contributed by atoms with E-state index in [9.17, 15) is 19.8 Å². The number of carboxylic acid groups (broad SMARTS) is 1. The largest absolute Gasteiger partial charge is 0.481 e. The number of amides is 1. The van der Waals surface area contributed by atoms with E-state index in [2.05, 4.69) is 10.2 Å². The first-order valence-corrected chi connectivity index (χ1v) is 14.7. The predicted octanol–water partition coefficient (Wildman–Crippen LogP) is 4.65.